The van der Waals surface area contributed by atoms with Gasteiger partial charge in [0.25, 0.3) is 0 Å². The molecule has 0 atom stereocenters. The standard InChI is InChI=1S/C35H39FIO4/c1-34(2,3)24-5-7-27(8-6-24)37-28-9-14-31(36)32(20-28)40-30-12-10-29(11-13-30)39-21-33(38)41-35(4)25-16-22-15-23(18-25)19-26(35)17-22/h5-14,20,22-23,25-26H,15-19,21H2,1-4H3/q+1. The molecule has 41 heavy (non-hydrogen) atoms. The van der Waals surface area contributed by atoms with Crippen molar-refractivity contribution >= 4 is 5.97 Å². The van der Waals surface area contributed by atoms with Crippen molar-refractivity contribution in [3.05, 3.63) is 85.3 Å². The van der Waals surface area contributed by atoms with Gasteiger partial charge in [-0.1, -0.05) is 32.9 Å². The van der Waals surface area contributed by atoms with Gasteiger partial charge in [-0.05, 0) is 122 Å². The van der Waals surface area contributed by atoms with Crippen LogP contribution in [0.1, 0.15) is 65.4 Å². The van der Waals surface area contributed by atoms with Gasteiger partial charge in [0.2, 0.25) is 0 Å². The lowest BCUT2D eigenvalue weighted by Crippen LogP contribution is -3.61. The molecule has 4 fully saturated rings. The molecular formula is C35H39FIO4+. The number of benzene rings is 3. The summed E-state index contributed by atoms with van der Waals surface area (Å²) in [4.78, 5) is 12.8. The maximum Gasteiger partial charge on any atom is 0.358 e. The lowest BCUT2D eigenvalue weighted by molar-refractivity contribution is -0.597. The van der Waals surface area contributed by atoms with E-state index in [9.17, 15) is 9.18 Å². The number of ether oxygens (including phenoxy) is 3. The van der Waals surface area contributed by atoms with Gasteiger partial charge >= 0.3 is 27.2 Å². The van der Waals surface area contributed by atoms with Gasteiger partial charge < -0.3 is 14.2 Å². The smallest absolute Gasteiger partial charge is 0.358 e. The lowest BCUT2D eigenvalue weighted by Gasteiger charge is -2.59. The largest absolute Gasteiger partial charge is 0.482 e. The monoisotopic (exact) mass is 669 g/mol. The van der Waals surface area contributed by atoms with E-state index in [1.54, 1.807) is 30.3 Å². The zero-order valence-corrected chi connectivity index (χ0v) is 26.4. The summed E-state index contributed by atoms with van der Waals surface area (Å²) >= 11 is -0.469. The Bertz CT molecular complexity index is 1370. The van der Waals surface area contributed by atoms with Crippen LogP contribution in [-0.2, 0) is 14.9 Å². The second-order valence-corrected chi connectivity index (χ2v) is 16.3. The van der Waals surface area contributed by atoms with Crippen LogP contribution in [-0.4, -0.2) is 18.2 Å². The summed E-state index contributed by atoms with van der Waals surface area (Å²) in [7, 11) is 0. The zero-order valence-electron chi connectivity index (χ0n) is 24.3. The van der Waals surface area contributed by atoms with Gasteiger partial charge in [-0.2, -0.15) is 0 Å². The maximum atomic E-state index is 14.6. The number of hydrogen-bond donors (Lipinski definition) is 0. The summed E-state index contributed by atoms with van der Waals surface area (Å²) in [6, 6.07) is 20.8. The molecule has 3 aromatic carbocycles. The first-order valence-electron chi connectivity index (χ1n) is 14.7. The van der Waals surface area contributed by atoms with Crippen molar-refractivity contribution in [2.75, 3.05) is 6.61 Å². The number of carbonyl (C=O) groups excluding carboxylic acids is 1. The van der Waals surface area contributed by atoms with E-state index in [-0.39, 0.29) is 29.3 Å². The molecular weight excluding hydrogens is 630 g/mol. The van der Waals surface area contributed by atoms with Crippen LogP contribution in [0.15, 0.2) is 66.7 Å². The summed E-state index contributed by atoms with van der Waals surface area (Å²) in [5.74, 6) is 3.15. The van der Waals surface area contributed by atoms with E-state index in [0.29, 0.717) is 23.3 Å². The third-order valence-corrected chi connectivity index (χ3v) is 12.0. The highest BCUT2D eigenvalue weighted by Gasteiger charge is 2.57. The third-order valence-electron chi connectivity index (χ3n) is 9.32. The lowest BCUT2D eigenvalue weighted by atomic mass is 9.50. The maximum absolute atomic E-state index is 14.6. The molecule has 4 nitrogen and oxygen atoms in total. The van der Waals surface area contributed by atoms with Crippen molar-refractivity contribution < 1.29 is 44.6 Å². The molecule has 0 N–H and O–H groups in total. The summed E-state index contributed by atoms with van der Waals surface area (Å²) in [5.41, 5.74) is 1.06. The number of esters is 1. The Morgan fingerprint density at radius 2 is 1.44 bits per heavy atom. The van der Waals surface area contributed by atoms with Crippen molar-refractivity contribution in [2.24, 2.45) is 23.7 Å². The highest BCUT2D eigenvalue weighted by Crippen LogP contribution is 2.59. The number of carbonyl (C=O) groups is 1. The molecule has 0 unspecified atom stereocenters. The van der Waals surface area contributed by atoms with Crippen LogP contribution < -0.4 is 30.7 Å². The Hall–Kier alpha value is -2.61. The highest BCUT2D eigenvalue weighted by atomic mass is 127. The van der Waals surface area contributed by atoms with Gasteiger partial charge in [0.05, 0.1) is 0 Å². The molecule has 6 heteroatoms. The highest BCUT2D eigenvalue weighted by molar-refractivity contribution is 5.71. The molecule has 0 saturated heterocycles. The molecule has 7 rings (SSSR count). The van der Waals surface area contributed by atoms with Crippen LogP contribution >= 0.6 is 0 Å². The number of rotatable bonds is 8. The van der Waals surface area contributed by atoms with Gasteiger partial charge in [-0.15, -0.1) is 0 Å². The first-order chi connectivity index (χ1) is 19.5. The van der Waals surface area contributed by atoms with Crippen LogP contribution in [0, 0.1) is 36.6 Å². The quantitative estimate of drug-likeness (QED) is 0.245. The fourth-order valence-electron chi connectivity index (χ4n) is 7.19. The predicted molar refractivity (Wildman–Crippen MR) is 152 cm³/mol. The molecule has 3 aromatic rings. The Morgan fingerprint density at radius 1 is 0.854 bits per heavy atom. The van der Waals surface area contributed by atoms with Crippen molar-refractivity contribution in [3.8, 4) is 17.2 Å². The molecule has 4 saturated carbocycles. The fraction of sp³-hybridized carbons (Fsp3) is 0.457. The summed E-state index contributed by atoms with van der Waals surface area (Å²) < 4.78 is 34.7. The Kier molecular flexibility index (Phi) is 7.81. The molecule has 0 spiro atoms. The first kappa shape index (κ1) is 28.5. The first-order valence-corrected chi connectivity index (χ1v) is 16.9. The van der Waals surface area contributed by atoms with Gasteiger partial charge in [-0.25, -0.2) is 9.18 Å². The van der Waals surface area contributed by atoms with Gasteiger partial charge in [-0.3, -0.25) is 0 Å². The van der Waals surface area contributed by atoms with E-state index in [1.165, 1.54) is 47.3 Å². The molecule has 0 aromatic heterocycles. The molecule has 0 amide bonds. The second kappa shape index (κ2) is 11.2. The Balaban J connectivity index is 1.03. The van der Waals surface area contributed by atoms with Crippen LogP contribution in [0.3, 0.4) is 0 Å². The van der Waals surface area contributed by atoms with E-state index in [2.05, 4.69) is 52.0 Å². The Morgan fingerprint density at radius 3 is 2.05 bits per heavy atom. The minimum absolute atomic E-state index is 0.115. The van der Waals surface area contributed by atoms with Crippen molar-refractivity contribution in [2.45, 2.75) is 70.8 Å². The van der Waals surface area contributed by atoms with E-state index in [0.717, 1.165) is 15.4 Å². The van der Waals surface area contributed by atoms with Crippen molar-refractivity contribution in [3.63, 3.8) is 0 Å². The molecule has 4 aliphatic rings. The van der Waals surface area contributed by atoms with E-state index in [4.69, 9.17) is 14.2 Å². The topological polar surface area (TPSA) is 44.8 Å². The van der Waals surface area contributed by atoms with Gasteiger partial charge in [0.15, 0.2) is 25.3 Å². The molecule has 0 heterocycles. The zero-order chi connectivity index (χ0) is 28.8. The minimum Gasteiger partial charge on any atom is -0.482 e. The van der Waals surface area contributed by atoms with Crippen LogP contribution in [0.25, 0.3) is 0 Å². The van der Waals surface area contributed by atoms with E-state index >= 15 is 0 Å². The van der Waals surface area contributed by atoms with E-state index < -0.39 is 27.0 Å². The average Bonchev–Trinajstić information content (AvgIpc) is 2.93. The van der Waals surface area contributed by atoms with Crippen LogP contribution in [0.4, 0.5) is 4.39 Å². The minimum atomic E-state index is -0.469. The SMILES string of the molecule is CC(C)(C)c1ccc([I+]c2ccc(F)c(Oc3ccc(OCC(=O)OC4(C)C5CC6CC(C5)CC4C6)cc3)c2)cc1. The number of halogens is 2. The van der Waals surface area contributed by atoms with Crippen molar-refractivity contribution in [1.29, 1.82) is 0 Å². The summed E-state index contributed by atoms with van der Waals surface area (Å²) in [6.07, 6.45) is 6.12. The molecule has 0 aliphatic heterocycles. The van der Waals surface area contributed by atoms with Crippen LogP contribution in [0.2, 0.25) is 0 Å². The molecule has 4 bridgehead atoms. The molecule has 4 aliphatic carbocycles. The van der Waals surface area contributed by atoms with E-state index in [1.807, 2.05) is 6.07 Å². The second-order valence-electron chi connectivity index (χ2n) is 13.3. The number of hydrogen-bond acceptors (Lipinski definition) is 4. The van der Waals surface area contributed by atoms with Crippen LogP contribution in [0.5, 0.6) is 17.2 Å². The summed E-state index contributed by atoms with van der Waals surface area (Å²) in [5, 5.41) is 0. The summed E-state index contributed by atoms with van der Waals surface area (Å²) in [6.45, 7) is 8.63. The normalized spacial score (nSPS) is 26.6. The van der Waals surface area contributed by atoms with Crippen molar-refractivity contribution in [1.82, 2.24) is 0 Å². The van der Waals surface area contributed by atoms with Gasteiger partial charge in [0.1, 0.15) is 17.1 Å². The molecule has 0 radical (unpaired) electrons. The third kappa shape index (κ3) is 6.27. The fourth-order valence-corrected chi connectivity index (χ4v) is 9.42. The Labute approximate surface area is 253 Å². The average molecular weight is 670 g/mol. The predicted octanol–water partition coefficient (Wildman–Crippen LogP) is 5.18. The van der Waals surface area contributed by atoms with Gasteiger partial charge in [0, 0.05) is 6.07 Å². The molecule has 216 valence electrons.